The van der Waals surface area contributed by atoms with Gasteiger partial charge >= 0.3 is 0 Å². The van der Waals surface area contributed by atoms with Crippen LogP contribution in [0.15, 0.2) is 23.8 Å². The summed E-state index contributed by atoms with van der Waals surface area (Å²) in [4.78, 5) is 11.0. The number of hydrogen-bond donors (Lipinski definition) is 0. The van der Waals surface area contributed by atoms with Crippen LogP contribution in [-0.2, 0) is 4.79 Å². The Morgan fingerprint density at radius 1 is 1.53 bits per heavy atom. The Kier molecular flexibility index (Phi) is 3.54. The predicted octanol–water partition coefficient (Wildman–Crippen LogP) is 3.76. The maximum atomic E-state index is 11.0. The molecule has 0 saturated heterocycles. The zero-order valence-corrected chi connectivity index (χ0v) is 10.5. The fraction of sp³-hybridized carbons (Fsp3) is 0.643. The average Bonchev–Trinajstić information content (AvgIpc) is 2.11. The molecule has 0 saturated carbocycles. The molecule has 1 nitrogen and oxygen atoms in total. The van der Waals surface area contributed by atoms with E-state index < -0.39 is 0 Å². The predicted molar refractivity (Wildman–Crippen MR) is 64.6 cm³/mol. The van der Waals surface area contributed by atoms with E-state index in [9.17, 15) is 4.79 Å². The van der Waals surface area contributed by atoms with E-state index in [4.69, 9.17) is 0 Å². The molecule has 0 bridgehead atoms. The number of ketones is 1. The monoisotopic (exact) mass is 206 g/mol. The van der Waals surface area contributed by atoms with Gasteiger partial charge in [0.2, 0.25) is 0 Å². The Morgan fingerprint density at radius 2 is 2.13 bits per heavy atom. The first kappa shape index (κ1) is 12.2. The molecule has 1 aliphatic carbocycles. The molecule has 1 heteroatoms. The third-order valence-corrected chi connectivity index (χ3v) is 3.80. The lowest BCUT2D eigenvalue weighted by Gasteiger charge is -2.41. The zero-order chi connectivity index (χ0) is 11.6. The molecule has 0 unspecified atom stereocenters. The molecule has 0 amide bonds. The summed E-state index contributed by atoms with van der Waals surface area (Å²) in [6, 6.07) is 0. The molecule has 0 fully saturated rings. The lowest BCUT2D eigenvalue weighted by Crippen LogP contribution is -2.32. The first-order valence-electron chi connectivity index (χ1n) is 5.71. The van der Waals surface area contributed by atoms with E-state index in [1.54, 1.807) is 13.0 Å². The van der Waals surface area contributed by atoms with Crippen LogP contribution in [0.25, 0.3) is 0 Å². The Hall–Kier alpha value is -0.850. The van der Waals surface area contributed by atoms with Gasteiger partial charge in [-0.2, -0.15) is 0 Å². The third kappa shape index (κ3) is 2.58. The fourth-order valence-electron chi connectivity index (χ4n) is 2.42. The summed E-state index contributed by atoms with van der Waals surface area (Å²) in [7, 11) is 0. The molecule has 1 aliphatic rings. The van der Waals surface area contributed by atoms with Crippen molar-refractivity contribution in [3.8, 4) is 0 Å². The highest BCUT2D eigenvalue weighted by molar-refractivity contribution is 5.87. The van der Waals surface area contributed by atoms with Crippen LogP contribution in [0, 0.1) is 17.3 Å². The number of hydrogen-bond acceptors (Lipinski definition) is 1. The Labute approximate surface area is 93.3 Å². The van der Waals surface area contributed by atoms with E-state index >= 15 is 0 Å². The van der Waals surface area contributed by atoms with Crippen molar-refractivity contribution in [2.75, 3.05) is 0 Å². The molecule has 2 atom stereocenters. The van der Waals surface area contributed by atoms with Gasteiger partial charge < -0.3 is 0 Å². The van der Waals surface area contributed by atoms with Crippen LogP contribution >= 0.6 is 0 Å². The van der Waals surface area contributed by atoms with Gasteiger partial charge in [0.15, 0.2) is 5.78 Å². The molecule has 0 aromatic rings. The number of carbonyl (C=O) groups is 1. The molecule has 0 spiro atoms. The lowest BCUT2D eigenvalue weighted by molar-refractivity contribution is -0.112. The van der Waals surface area contributed by atoms with Crippen LogP contribution in [0.2, 0.25) is 0 Å². The van der Waals surface area contributed by atoms with Crippen molar-refractivity contribution in [1.82, 2.24) is 0 Å². The minimum absolute atomic E-state index is 0.144. The molecular weight excluding hydrogens is 184 g/mol. The number of allylic oxidation sites excluding steroid dienone is 4. The molecule has 0 aliphatic heterocycles. The molecular formula is C14H22O. The standard InChI is InChI=1S/C14H22O/c1-10-6-7-11(2)14(4,5)13(10)9-8-12(3)15/h7-10,13H,6H2,1-5H3/t10-,13+/m0/s1. The van der Waals surface area contributed by atoms with E-state index in [-0.39, 0.29) is 11.2 Å². The van der Waals surface area contributed by atoms with Crippen molar-refractivity contribution in [2.24, 2.45) is 17.3 Å². The zero-order valence-electron chi connectivity index (χ0n) is 10.5. The van der Waals surface area contributed by atoms with Gasteiger partial charge in [0.1, 0.15) is 0 Å². The van der Waals surface area contributed by atoms with Gasteiger partial charge in [-0.3, -0.25) is 4.79 Å². The topological polar surface area (TPSA) is 17.1 Å². The SMILES string of the molecule is CC(=O)C=C[C@@H]1[C@@H](C)CC=C(C)C1(C)C. The van der Waals surface area contributed by atoms with Crippen molar-refractivity contribution in [2.45, 2.75) is 41.0 Å². The van der Waals surface area contributed by atoms with Crippen LogP contribution in [0.1, 0.15) is 41.0 Å². The second-order valence-corrected chi connectivity index (χ2v) is 5.32. The van der Waals surface area contributed by atoms with E-state index in [1.165, 1.54) is 5.57 Å². The summed E-state index contributed by atoms with van der Waals surface area (Å²) in [6.07, 6.45) is 7.29. The van der Waals surface area contributed by atoms with Gasteiger partial charge in [-0.05, 0) is 43.6 Å². The summed E-state index contributed by atoms with van der Waals surface area (Å²) in [5, 5.41) is 0. The molecule has 15 heavy (non-hydrogen) atoms. The summed E-state index contributed by atoms with van der Waals surface area (Å²) >= 11 is 0. The van der Waals surface area contributed by atoms with E-state index in [1.807, 2.05) is 0 Å². The van der Waals surface area contributed by atoms with Crippen LogP contribution < -0.4 is 0 Å². The summed E-state index contributed by atoms with van der Waals surface area (Å²) < 4.78 is 0. The summed E-state index contributed by atoms with van der Waals surface area (Å²) in [5.41, 5.74) is 1.63. The molecule has 0 aromatic heterocycles. The fourth-order valence-corrected chi connectivity index (χ4v) is 2.42. The first-order valence-corrected chi connectivity index (χ1v) is 5.71. The van der Waals surface area contributed by atoms with Crippen LogP contribution in [0.3, 0.4) is 0 Å². The summed E-state index contributed by atoms with van der Waals surface area (Å²) in [6.45, 7) is 10.6. The van der Waals surface area contributed by atoms with Gasteiger partial charge in [-0.1, -0.05) is 38.5 Å². The van der Waals surface area contributed by atoms with Crippen molar-refractivity contribution in [3.63, 3.8) is 0 Å². The van der Waals surface area contributed by atoms with E-state index in [0.29, 0.717) is 11.8 Å². The number of carbonyl (C=O) groups excluding carboxylic acids is 1. The Morgan fingerprint density at radius 3 is 2.67 bits per heavy atom. The molecule has 0 aromatic carbocycles. The molecule has 1 rings (SSSR count). The second kappa shape index (κ2) is 4.34. The lowest BCUT2D eigenvalue weighted by atomic mass is 9.64. The van der Waals surface area contributed by atoms with E-state index in [2.05, 4.69) is 39.8 Å². The Balaban J connectivity index is 2.95. The van der Waals surface area contributed by atoms with Gasteiger partial charge in [-0.25, -0.2) is 0 Å². The smallest absolute Gasteiger partial charge is 0.152 e. The van der Waals surface area contributed by atoms with Gasteiger partial charge in [0, 0.05) is 0 Å². The number of rotatable bonds is 2. The quantitative estimate of drug-likeness (QED) is 0.496. The van der Waals surface area contributed by atoms with Gasteiger partial charge in [0.25, 0.3) is 0 Å². The van der Waals surface area contributed by atoms with Crippen molar-refractivity contribution in [1.29, 1.82) is 0 Å². The third-order valence-electron chi connectivity index (χ3n) is 3.80. The largest absolute Gasteiger partial charge is 0.295 e. The maximum absolute atomic E-state index is 11.0. The first-order chi connectivity index (χ1) is 6.85. The van der Waals surface area contributed by atoms with E-state index in [0.717, 1.165) is 6.42 Å². The van der Waals surface area contributed by atoms with Crippen molar-refractivity contribution >= 4 is 5.78 Å². The van der Waals surface area contributed by atoms with Crippen LogP contribution in [-0.4, -0.2) is 5.78 Å². The van der Waals surface area contributed by atoms with Gasteiger partial charge in [-0.15, -0.1) is 0 Å². The highest BCUT2D eigenvalue weighted by Gasteiger charge is 2.35. The normalized spacial score (nSPS) is 30.3. The van der Waals surface area contributed by atoms with Gasteiger partial charge in [0.05, 0.1) is 0 Å². The molecule has 0 N–H and O–H groups in total. The Bertz CT molecular complexity index is 307. The average molecular weight is 206 g/mol. The highest BCUT2D eigenvalue weighted by atomic mass is 16.1. The van der Waals surface area contributed by atoms with Crippen molar-refractivity contribution < 1.29 is 4.79 Å². The molecule has 0 heterocycles. The molecule has 0 radical (unpaired) electrons. The van der Waals surface area contributed by atoms with Crippen LogP contribution in [0.4, 0.5) is 0 Å². The molecule has 84 valence electrons. The minimum Gasteiger partial charge on any atom is -0.295 e. The van der Waals surface area contributed by atoms with Crippen molar-refractivity contribution in [3.05, 3.63) is 23.8 Å². The highest BCUT2D eigenvalue weighted by Crippen LogP contribution is 2.44. The maximum Gasteiger partial charge on any atom is 0.152 e. The minimum atomic E-state index is 0.144. The summed E-state index contributed by atoms with van der Waals surface area (Å²) in [5.74, 6) is 1.25. The second-order valence-electron chi connectivity index (χ2n) is 5.32. The van der Waals surface area contributed by atoms with Crippen LogP contribution in [0.5, 0.6) is 0 Å².